The van der Waals surface area contributed by atoms with E-state index >= 15 is 0 Å². The maximum Gasteiger partial charge on any atom is 0.573 e. The number of aliphatic hydroxyl groups is 1. The van der Waals surface area contributed by atoms with E-state index in [2.05, 4.69) is 10.1 Å². The Balaban J connectivity index is 1.75. The number of anilines is 1. The van der Waals surface area contributed by atoms with E-state index in [1.807, 2.05) is 12.1 Å². The molecular weight excluding hydrogens is 335 g/mol. The lowest BCUT2D eigenvalue weighted by molar-refractivity contribution is -0.274. The SMILES string of the molecule is O=C(Nc1cccc2c1C[C@H](O)CC2)c1ccc(OC(F)(F)F)cc1. The summed E-state index contributed by atoms with van der Waals surface area (Å²) in [5.41, 5.74) is 2.80. The zero-order valence-corrected chi connectivity index (χ0v) is 13.1. The molecule has 25 heavy (non-hydrogen) atoms. The Morgan fingerprint density at radius 3 is 2.56 bits per heavy atom. The first-order valence-corrected chi connectivity index (χ1v) is 7.78. The van der Waals surface area contributed by atoms with Crippen molar-refractivity contribution in [3.63, 3.8) is 0 Å². The molecule has 0 aromatic heterocycles. The number of benzene rings is 2. The number of fused-ring (bicyclic) bond motifs is 1. The van der Waals surface area contributed by atoms with Crippen LogP contribution in [-0.4, -0.2) is 23.5 Å². The number of aryl methyl sites for hydroxylation is 1. The number of carbonyl (C=O) groups is 1. The zero-order valence-electron chi connectivity index (χ0n) is 13.1. The minimum Gasteiger partial charge on any atom is -0.406 e. The van der Waals surface area contributed by atoms with Crippen LogP contribution in [0.3, 0.4) is 0 Å². The van der Waals surface area contributed by atoms with E-state index in [4.69, 9.17) is 0 Å². The van der Waals surface area contributed by atoms with Crippen molar-refractivity contribution in [1.29, 1.82) is 0 Å². The van der Waals surface area contributed by atoms with E-state index in [9.17, 15) is 23.1 Å². The van der Waals surface area contributed by atoms with Gasteiger partial charge in [-0.2, -0.15) is 0 Å². The van der Waals surface area contributed by atoms with Crippen LogP contribution in [0.2, 0.25) is 0 Å². The highest BCUT2D eigenvalue weighted by Gasteiger charge is 2.31. The van der Waals surface area contributed by atoms with Crippen molar-refractivity contribution in [2.24, 2.45) is 0 Å². The van der Waals surface area contributed by atoms with Gasteiger partial charge in [0.2, 0.25) is 0 Å². The number of halogens is 3. The molecule has 0 radical (unpaired) electrons. The Labute approximate surface area is 142 Å². The second kappa shape index (κ2) is 6.76. The molecule has 1 amide bonds. The summed E-state index contributed by atoms with van der Waals surface area (Å²) in [6.07, 6.45) is -3.32. The molecule has 2 aromatic carbocycles. The maximum absolute atomic E-state index is 12.3. The number of aliphatic hydroxyl groups excluding tert-OH is 1. The van der Waals surface area contributed by atoms with Crippen LogP contribution in [0, 0.1) is 0 Å². The highest BCUT2D eigenvalue weighted by atomic mass is 19.4. The number of amides is 1. The molecule has 2 aromatic rings. The topological polar surface area (TPSA) is 58.6 Å². The Bertz CT molecular complexity index is 772. The van der Waals surface area contributed by atoms with E-state index < -0.39 is 18.4 Å². The summed E-state index contributed by atoms with van der Waals surface area (Å²) < 4.78 is 40.3. The lowest BCUT2D eigenvalue weighted by Gasteiger charge is -2.23. The van der Waals surface area contributed by atoms with Gasteiger partial charge in [0.25, 0.3) is 5.91 Å². The van der Waals surface area contributed by atoms with E-state index in [0.717, 1.165) is 29.7 Å². The summed E-state index contributed by atoms with van der Waals surface area (Å²) in [5.74, 6) is -0.823. The normalized spacial score (nSPS) is 16.9. The van der Waals surface area contributed by atoms with Gasteiger partial charge < -0.3 is 15.2 Å². The van der Waals surface area contributed by atoms with Crippen LogP contribution in [0.1, 0.15) is 27.9 Å². The highest BCUT2D eigenvalue weighted by molar-refractivity contribution is 6.04. The van der Waals surface area contributed by atoms with Gasteiger partial charge in [0.05, 0.1) is 6.10 Å². The molecule has 0 unspecified atom stereocenters. The molecule has 0 saturated carbocycles. The van der Waals surface area contributed by atoms with Crippen LogP contribution in [0.15, 0.2) is 42.5 Å². The monoisotopic (exact) mass is 351 g/mol. The van der Waals surface area contributed by atoms with Crippen LogP contribution in [0.25, 0.3) is 0 Å². The van der Waals surface area contributed by atoms with Crippen LogP contribution in [0.5, 0.6) is 5.75 Å². The third-order valence-electron chi connectivity index (χ3n) is 4.06. The van der Waals surface area contributed by atoms with Gasteiger partial charge in [0, 0.05) is 17.7 Å². The molecule has 0 heterocycles. The number of hydrogen-bond acceptors (Lipinski definition) is 3. The molecule has 1 aliphatic rings. The van der Waals surface area contributed by atoms with Gasteiger partial charge in [-0.1, -0.05) is 12.1 Å². The molecule has 7 heteroatoms. The fraction of sp³-hybridized carbons (Fsp3) is 0.278. The molecule has 0 spiro atoms. The molecule has 132 valence electrons. The van der Waals surface area contributed by atoms with Crippen LogP contribution < -0.4 is 10.1 Å². The van der Waals surface area contributed by atoms with Crippen molar-refractivity contribution in [2.75, 3.05) is 5.32 Å². The number of hydrogen-bond donors (Lipinski definition) is 2. The smallest absolute Gasteiger partial charge is 0.406 e. The van der Waals surface area contributed by atoms with Crippen molar-refractivity contribution in [3.05, 3.63) is 59.2 Å². The minimum absolute atomic E-state index is 0.212. The summed E-state index contributed by atoms with van der Waals surface area (Å²) in [5, 5.41) is 12.6. The minimum atomic E-state index is -4.77. The Hall–Kier alpha value is -2.54. The van der Waals surface area contributed by atoms with Crippen molar-refractivity contribution >= 4 is 11.6 Å². The lowest BCUT2D eigenvalue weighted by Crippen LogP contribution is -2.22. The summed E-state index contributed by atoms with van der Waals surface area (Å²) in [7, 11) is 0. The number of rotatable bonds is 3. The lowest BCUT2D eigenvalue weighted by atomic mass is 9.88. The van der Waals surface area contributed by atoms with Gasteiger partial charge in [0.15, 0.2) is 0 Å². The number of alkyl halides is 3. The highest BCUT2D eigenvalue weighted by Crippen LogP contribution is 2.29. The predicted molar refractivity (Wildman–Crippen MR) is 85.6 cm³/mol. The Kier molecular flexibility index (Phi) is 4.67. The summed E-state index contributed by atoms with van der Waals surface area (Å²) in [6, 6.07) is 10.2. The molecule has 2 N–H and O–H groups in total. The quantitative estimate of drug-likeness (QED) is 0.887. The fourth-order valence-corrected chi connectivity index (χ4v) is 2.89. The largest absolute Gasteiger partial charge is 0.573 e. The fourth-order valence-electron chi connectivity index (χ4n) is 2.89. The van der Waals surface area contributed by atoms with Crippen molar-refractivity contribution in [1.82, 2.24) is 0 Å². The van der Waals surface area contributed by atoms with Crippen molar-refractivity contribution < 1.29 is 27.8 Å². The van der Waals surface area contributed by atoms with Gasteiger partial charge in [-0.25, -0.2) is 0 Å². The van der Waals surface area contributed by atoms with Gasteiger partial charge >= 0.3 is 6.36 Å². The van der Waals surface area contributed by atoms with Gasteiger partial charge in [0.1, 0.15) is 5.75 Å². The molecule has 4 nitrogen and oxygen atoms in total. The molecular formula is C18H16F3NO3. The van der Waals surface area contributed by atoms with E-state index in [1.54, 1.807) is 6.07 Å². The molecule has 0 saturated heterocycles. The number of ether oxygens (including phenoxy) is 1. The molecule has 1 aliphatic carbocycles. The van der Waals surface area contributed by atoms with Crippen molar-refractivity contribution in [3.8, 4) is 5.75 Å². The van der Waals surface area contributed by atoms with E-state index in [1.165, 1.54) is 12.1 Å². The van der Waals surface area contributed by atoms with Crippen molar-refractivity contribution in [2.45, 2.75) is 31.7 Å². The first-order valence-electron chi connectivity index (χ1n) is 7.78. The molecule has 3 rings (SSSR count). The third-order valence-corrected chi connectivity index (χ3v) is 4.06. The number of nitrogens with one attached hydrogen (secondary N) is 1. The molecule has 0 aliphatic heterocycles. The Morgan fingerprint density at radius 2 is 1.88 bits per heavy atom. The molecule has 0 bridgehead atoms. The van der Waals surface area contributed by atoms with Crippen LogP contribution in [-0.2, 0) is 12.8 Å². The van der Waals surface area contributed by atoms with Crippen LogP contribution in [0.4, 0.5) is 18.9 Å². The second-order valence-corrected chi connectivity index (χ2v) is 5.87. The molecule has 1 atom stereocenters. The second-order valence-electron chi connectivity index (χ2n) is 5.87. The van der Waals surface area contributed by atoms with Gasteiger partial charge in [-0.05, 0) is 54.3 Å². The van der Waals surface area contributed by atoms with Crippen LogP contribution >= 0.6 is 0 Å². The molecule has 0 fully saturated rings. The van der Waals surface area contributed by atoms with E-state index in [-0.39, 0.29) is 11.3 Å². The van der Waals surface area contributed by atoms with E-state index in [0.29, 0.717) is 18.5 Å². The first-order chi connectivity index (χ1) is 11.8. The summed E-state index contributed by atoms with van der Waals surface area (Å²) in [6.45, 7) is 0. The maximum atomic E-state index is 12.3. The summed E-state index contributed by atoms with van der Waals surface area (Å²) in [4.78, 5) is 12.3. The predicted octanol–water partition coefficient (Wildman–Crippen LogP) is 3.69. The standard InChI is InChI=1S/C18H16F3NO3/c19-18(20,21)25-14-8-5-12(6-9-14)17(24)22-16-3-1-2-11-4-7-13(23)10-15(11)16/h1-3,5-6,8-9,13,23H,4,7,10H2,(H,22,24)/t13-/m1/s1. The zero-order chi connectivity index (χ0) is 18.0. The average molecular weight is 351 g/mol. The Morgan fingerprint density at radius 1 is 1.16 bits per heavy atom. The van der Waals surface area contributed by atoms with Gasteiger partial charge in [-0.3, -0.25) is 4.79 Å². The average Bonchev–Trinajstić information content (AvgIpc) is 2.54. The number of carbonyl (C=O) groups excluding carboxylic acids is 1. The summed E-state index contributed by atoms with van der Waals surface area (Å²) >= 11 is 0. The van der Waals surface area contributed by atoms with Gasteiger partial charge in [-0.15, -0.1) is 13.2 Å². The first kappa shape index (κ1) is 17.3. The third kappa shape index (κ3) is 4.30.